The molecule has 1 saturated heterocycles. The maximum absolute atomic E-state index is 11.8. The molecule has 1 aliphatic rings. The molecule has 1 aliphatic heterocycles. The predicted octanol–water partition coefficient (Wildman–Crippen LogP) is 0.0557. The number of urea groups is 1. The fourth-order valence-electron chi connectivity index (χ4n) is 1.44. The molecule has 1 atom stereocenters. The molecular formula is C9H17N3O2. The summed E-state index contributed by atoms with van der Waals surface area (Å²) in [4.78, 5) is 24.4. The largest absolute Gasteiger partial charge is 0.330 e. The van der Waals surface area contributed by atoms with E-state index in [0.29, 0.717) is 25.9 Å². The van der Waals surface area contributed by atoms with E-state index < -0.39 is 5.54 Å². The molecule has 0 spiro atoms. The Kier molecular flexibility index (Phi) is 3.10. The summed E-state index contributed by atoms with van der Waals surface area (Å²) >= 11 is 0. The summed E-state index contributed by atoms with van der Waals surface area (Å²) in [6.07, 6.45) is 1.26. The summed E-state index contributed by atoms with van der Waals surface area (Å²) in [7, 11) is 0. The van der Waals surface area contributed by atoms with E-state index in [0.717, 1.165) is 0 Å². The maximum Gasteiger partial charge on any atom is 0.325 e. The topological polar surface area (TPSA) is 75.4 Å². The van der Waals surface area contributed by atoms with Gasteiger partial charge in [-0.05, 0) is 26.3 Å². The van der Waals surface area contributed by atoms with Crippen LogP contribution in [0.1, 0.15) is 26.7 Å². The van der Waals surface area contributed by atoms with Crippen LogP contribution in [0.25, 0.3) is 0 Å². The molecule has 80 valence electrons. The highest BCUT2D eigenvalue weighted by molar-refractivity contribution is 6.06. The molecule has 0 unspecified atom stereocenters. The van der Waals surface area contributed by atoms with Gasteiger partial charge in [0.15, 0.2) is 0 Å². The van der Waals surface area contributed by atoms with Crippen molar-refractivity contribution in [3.63, 3.8) is 0 Å². The quantitative estimate of drug-likeness (QED) is 0.628. The van der Waals surface area contributed by atoms with Crippen LogP contribution in [-0.4, -0.2) is 35.5 Å². The zero-order valence-corrected chi connectivity index (χ0v) is 8.67. The first kappa shape index (κ1) is 11.0. The summed E-state index contributed by atoms with van der Waals surface area (Å²) in [5.74, 6) is -0.140. The zero-order valence-electron chi connectivity index (χ0n) is 8.67. The van der Waals surface area contributed by atoms with Crippen molar-refractivity contribution in [1.29, 1.82) is 0 Å². The number of hydrogen-bond donors (Lipinski definition) is 2. The van der Waals surface area contributed by atoms with Gasteiger partial charge < -0.3 is 11.1 Å². The minimum absolute atomic E-state index is 0.140. The number of nitrogens with two attached hydrogens (primary N) is 1. The van der Waals surface area contributed by atoms with Crippen LogP contribution in [0.4, 0.5) is 4.79 Å². The number of imide groups is 1. The molecule has 0 aromatic rings. The molecule has 0 saturated carbocycles. The van der Waals surface area contributed by atoms with E-state index in [9.17, 15) is 9.59 Å². The molecule has 5 nitrogen and oxygen atoms in total. The Balaban J connectivity index is 2.70. The van der Waals surface area contributed by atoms with Crippen LogP contribution in [0.2, 0.25) is 0 Å². The lowest BCUT2D eigenvalue weighted by Gasteiger charge is -2.19. The Morgan fingerprint density at radius 2 is 2.14 bits per heavy atom. The van der Waals surface area contributed by atoms with Crippen LogP contribution in [0.5, 0.6) is 0 Å². The van der Waals surface area contributed by atoms with E-state index in [1.807, 2.05) is 6.92 Å². The number of carbonyl (C=O) groups is 2. The molecule has 5 heteroatoms. The Labute approximate surface area is 83.6 Å². The van der Waals surface area contributed by atoms with Gasteiger partial charge in [-0.1, -0.05) is 6.92 Å². The van der Waals surface area contributed by atoms with Crippen LogP contribution >= 0.6 is 0 Å². The molecule has 0 aliphatic carbocycles. The van der Waals surface area contributed by atoms with Gasteiger partial charge in [0.1, 0.15) is 5.54 Å². The average Bonchev–Trinajstić information content (AvgIpc) is 2.37. The number of carbonyl (C=O) groups excluding carboxylic acids is 2. The van der Waals surface area contributed by atoms with Crippen molar-refractivity contribution in [2.45, 2.75) is 32.2 Å². The monoisotopic (exact) mass is 199 g/mol. The average molecular weight is 199 g/mol. The van der Waals surface area contributed by atoms with Gasteiger partial charge in [-0.3, -0.25) is 9.69 Å². The van der Waals surface area contributed by atoms with E-state index in [2.05, 4.69) is 5.32 Å². The van der Waals surface area contributed by atoms with E-state index in [4.69, 9.17) is 5.73 Å². The lowest BCUT2D eigenvalue weighted by molar-refractivity contribution is -0.130. The van der Waals surface area contributed by atoms with Gasteiger partial charge in [0, 0.05) is 6.54 Å². The zero-order chi connectivity index (χ0) is 10.8. The fourth-order valence-corrected chi connectivity index (χ4v) is 1.44. The number of nitrogens with one attached hydrogen (secondary N) is 1. The van der Waals surface area contributed by atoms with E-state index >= 15 is 0 Å². The Morgan fingerprint density at radius 1 is 1.50 bits per heavy atom. The third-order valence-electron chi connectivity index (χ3n) is 2.64. The third kappa shape index (κ3) is 1.72. The van der Waals surface area contributed by atoms with Gasteiger partial charge in [0.2, 0.25) is 0 Å². The second kappa shape index (κ2) is 3.96. The van der Waals surface area contributed by atoms with Crippen molar-refractivity contribution in [1.82, 2.24) is 10.2 Å². The van der Waals surface area contributed by atoms with E-state index in [1.165, 1.54) is 4.90 Å². The Bertz CT molecular complexity index is 254. The van der Waals surface area contributed by atoms with Crippen molar-refractivity contribution in [2.24, 2.45) is 5.73 Å². The highest BCUT2D eigenvalue weighted by Gasteiger charge is 2.45. The summed E-state index contributed by atoms with van der Waals surface area (Å²) in [5, 5.41) is 2.69. The lowest BCUT2D eigenvalue weighted by atomic mass is 9.99. The molecule has 14 heavy (non-hydrogen) atoms. The first-order chi connectivity index (χ1) is 6.55. The minimum atomic E-state index is -0.717. The normalized spacial score (nSPS) is 26.9. The van der Waals surface area contributed by atoms with E-state index in [-0.39, 0.29) is 11.9 Å². The summed E-state index contributed by atoms with van der Waals surface area (Å²) in [5.41, 5.74) is 4.61. The standard InChI is InChI=1S/C9H17N3O2/c1-3-9(2)7(13)12(6-4-5-10)8(14)11-9/h3-6,10H2,1-2H3,(H,11,14)/t9-/m1/s1. The van der Waals surface area contributed by atoms with E-state index in [1.54, 1.807) is 6.92 Å². The molecule has 1 fully saturated rings. The predicted molar refractivity (Wildman–Crippen MR) is 52.6 cm³/mol. The number of amides is 3. The maximum atomic E-state index is 11.8. The molecule has 0 aromatic heterocycles. The molecule has 0 radical (unpaired) electrons. The molecule has 3 amide bonds. The number of rotatable bonds is 4. The lowest BCUT2D eigenvalue weighted by Crippen LogP contribution is -2.43. The van der Waals surface area contributed by atoms with Crippen LogP contribution in [-0.2, 0) is 4.79 Å². The summed E-state index contributed by atoms with van der Waals surface area (Å²) in [6.45, 7) is 4.52. The third-order valence-corrected chi connectivity index (χ3v) is 2.64. The Hall–Kier alpha value is -1.10. The molecule has 0 aromatic carbocycles. The van der Waals surface area contributed by atoms with Crippen molar-refractivity contribution < 1.29 is 9.59 Å². The van der Waals surface area contributed by atoms with Gasteiger partial charge in [-0.25, -0.2) is 4.79 Å². The molecule has 0 bridgehead atoms. The molecule has 1 rings (SSSR count). The van der Waals surface area contributed by atoms with Gasteiger partial charge in [-0.15, -0.1) is 0 Å². The first-order valence-electron chi connectivity index (χ1n) is 4.89. The fraction of sp³-hybridized carbons (Fsp3) is 0.778. The highest BCUT2D eigenvalue weighted by atomic mass is 16.2. The molecular weight excluding hydrogens is 182 g/mol. The smallest absolute Gasteiger partial charge is 0.325 e. The van der Waals surface area contributed by atoms with Gasteiger partial charge in [0.05, 0.1) is 0 Å². The minimum Gasteiger partial charge on any atom is -0.330 e. The van der Waals surface area contributed by atoms with Crippen LogP contribution < -0.4 is 11.1 Å². The first-order valence-corrected chi connectivity index (χ1v) is 4.89. The Morgan fingerprint density at radius 3 is 2.57 bits per heavy atom. The molecule has 1 heterocycles. The second-order valence-corrected chi connectivity index (χ2v) is 3.71. The van der Waals surface area contributed by atoms with Crippen LogP contribution in [0.15, 0.2) is 0 Å². The van der Waals surface area contributed by atoms with Crippen LogP contribution in [0, 0.1) is 0 Å². The van der Waals surface area contributed by atoms with Gasteiger partial charge in [0.25, 0.3) is 5.91 Å². The van der Waals surface area contributed by atoms with Crippen LogP contribution in [0.3, 0.4) is 0 Å². The summed E-state index contributed by atoms with van der Waals surface area (Å²) in [6, 6.07) is -0.298. The second-order valence-electron chi connectivity index (χ2n) is 3.71. The van der Waals surface area contributed by atoms with Crippen molar-refractivity contribution >= 4 is 11.9 Å². The van der Waals surface area contributed by atoms with Gasteiger partial charge in [-0.2, -0.15) is 0 Å². The molecule has 3 N–H and O–H groups in total. The van der Waals surface area contributed by atoms with Crippen molar-refractivity contribution in [3.05, 3.63) is 0 Å². The number of hydrogen-bond acceptors (Lipinski definition) is 3. The number of nitrogens with zero attached hydrogens (tertiary/aromatic N) is 1. The van der Waals surface area contributed by atoms with Crippen molar-refractivity contribution in [2.75, 3.05) is 13.1 Å². The van der Waals surface area contributed by atoms with Crippen molar-refractivity contribution in [3.8, 4) is 0 Å². The SMILES string of the molecule is CC[C@@]1(C)NC(=O)N(CCCN)C1=O. The summed E-state index contributed by atoms with van der Waals surface area (Å²) < 4.78 is 0. The van der Waals surface area contributed by atoms with Gasteiger partial charge >= 0.3 is 6.03 Å². The highest BCUT2D eigenvalue weighted by Crippen LogP contribution is 2.20.